The van der Waals surface area contributed by atoms with Crippen LogP contribution < -0.4 is 10.6 Å². The summed E-state index contributed by atoms with van der Waals surface area (Å²) in [6.45, 7) is 3.12. The largest absolute Gasteiger partial charge is 0.388 e. The first-order chi connectivity index (χ1) is 15.3. The molecule has 4 fully saturated rings. The fourth-order valence-electron chi connectivity index (χ4n) is 5.51. The number of aliphatic hydroxyl groups is 3. The summed E-state index contributed by atoms with van der Waals surface area (Å²) in [6, 6.07) is -1.24. The highest BCUT2D eigenvalue weighted by molar-refractivity contribution is 7.99. The minimum atomic E-state index is -1.39. The van der Waals surface area contributed by atoms with Crippen molar-refractivity contribution < 1.29 is 29.6 Å². The van der Waals surface area contributed by atoms with Crippen molar-refractivity contribution in [3.8, 4) is 0 Å². The molecule has 0 aromatic carbocycles. The van der Waals surface area contributed by atoms with Crippen LogP contribution in [-0.2, 0) is 14.3 Å². The predicted molar refractivity (Wildman–Crippen MR) is 123 cm³/mol. The summed E-state index contributed by atoms with van der Waals surface area (Å²) in [6.07, 6.45) is 2.74. The topological polar surface area (TPSA) is 120 Å². The molecule has 0 spiro atoms. The summed E-state index contributed by atoms with van der Waals surface area (Å²) in [5.41, 5.74) is -0.726. The number of amides is 1. The summed E-state index contributed by atoms with van der Waals surface area (Å²) >= 11 is 7.63. The van der Waals surface area contributed by atoms with E-state index in [2.05, 4.69) is 10.6 Å². The maximum atomic E-state index is 13.3. The molecule has 0 aromatic rings. The Balaban J connectivity index is 1.41. The molecule has 3 aliphatic heterocycles. The lowest BCUT2D eigenvalue weighted by Gasteiger charge is -2.44. The van der Waals surface area contributed by atoms with Crippen molar-refractivity contribution in [2.75, 3.05) is 19.4 Å². The van der Waals surface area contributed by atoms with E-state index in [0.717, 1.165) is 25.3 Å². The van der Waals surface area contributed by atoms with E-state index < -0.39 is 47.3 Å². The molecular weight excluding hydrogens is 456 g/mol. The first kappa shape index (κ1) is 25.0. The van der Waals surface area contributed by atoms with Gasteiger partial charge in [0, 0.05) is 13.2 Å². The zero-order valence-electron chi connectivity index (χ0n) is 18.7. The number of hydrogen-bond donors (Lipinski definition) is 5. The minimum absolute atomic E-state index is 0.186. The van der Waals surface area contributed by atoms with Crippen molar-refractivity contribution in [1.82, 2.24) is 10.6 Å². The van der Waals surface area contributed by atoms with Gasteiger partial charge in [-0.2, -0.15) is 0 Å². The molecule has 1 amide bonds. The van der Waals surface area contributed by atoms with Crippen LogP contribution in [0.2, 0.25) is 0 Å². The highest BCUT2D eigenvalue weighted by atomic mass is 35.5. The number of alkyl halides is 1. The standard InChI is InChI=1S/C22H37ClN2O6S/c1-10(23)14(20-17(27)16(26)18(28)22(31-20)32-2)25-21(29)15-19-13(9-24-15)8-12(5-6-30-19)7-11-3-4-11/h10-20,22,24,26-28H,3-9H2,1-2H3,(H,25,29)/t10-,12-,13-,14+,15-,16+,17?,18+,19+,20+,22?/m0/s1. The number of carbonyl (C=O) groups excluding carboxylic acids is 1. The van der Waals surface area contributed by atoms with Crippen LogP contribution in [0.4, 0.5) is 0 Å². The molecule has 0 aromatic heterocycles. The Labute approximate surface area is 199 Å². The Morgan fingerprint density at radius 2 is 1.94 bits per heavy atom. The van der Waals surface area contributed by atoms with Crippen molar-refractivity contribution in [2.45, 2.75) is 92.4 Å². The van der Waals surface area contributed by atoms with E-state index in [4.69, 9.17) is 21.1 Å². The molecule has 10 heteroatoms. The summed E-state index contributed by atoms with van der Waals surface area (Å²) in [7, 11) is 0. The average molecular weight is 493 g/mol. The van der Waals surface area contributed by atoms with E-state index >= 15 is 0 Å². The van der Waals surface area contributed by atoms with Gasteiger partial charge in [-0.15, -0.1) is 23.4 Å². The average Bonchev–Trinajstić information content (AvgIpc) is 3.53. The zero-order chi connectivity index (χ0) is 23.0. The second kappa shape index (κ2) is 10.6. The number of nitrogens with one attached hydrogen (secondary N) is 2. The van der Waals surface area contributed by atoms with Gasteiger partial charge in [0.15, 0.2) is 0 Å². The lowest BCUT2D eigenvalue weighted by molar-refractivity contribution is -0.205. The Bertz CT molecular complexity index is 654. The Morgan fingerprint density at radius 3 is 2.59 bits per heavy atom. The van der Waals surface area contributed by atoms with Crippen LogP contribution in [0.15, 0.2) is 0 Å². The molecule has 0 radical (unpaired) electrons. The van der Waals surface area contributed by atoms with Crippen LogP contribution in [0.5, 0.6) is 0 Å². The van der Waals surface area contributed by atoms with Gasteiger partial charge in [0.1, 0.15) is 35.9 Å². The highest BCUT2D eigenvalue weighted by Crippen LogP contribution is 2.41. The molecule has 1 saturated carbocycles. The molecule has 8 nitrogen and oxygen atoms in total. The van der Waals surface area contributed by atoms with Crippen LogP contribution in [0, 0.1) is 17.8 Å². The normalized spacial score (nSPS) is 44.4. The van der Waals surface area contributed by atoms with Crippen molar-refractivity contribution in [1.29, 1.82) is 0 Å². The second-order valence-corrected chi connectivity index (χ2v) is 11.6. The molecule has 2 unspecified atom stereocenters. The summed E-state index contributed by atoms with van der Waals surface area (Å²) in [5.74, 6) is 1.61. The van der Waals surface area contributed by atoms with E-state index in [1.165, 1.54) is 31.0 Å². The number of carbonyl (C=O) groups is 1. The molecule has 4 rings (SSSR count). The van der Waals surface area contributed by atoms with Gasteiger partial charge in [-0.05, 0) is 50.2 Å². The molecule has 3 saturated heterocycles. The molecule has 32 heavy (non-hydrogen) atoms. The number of thioether (sulfide) groups is 1. The molecule has 1 aliphatic carbocycles. The third kappa shape index (κ3) is 5.40. The van der Waals surface area contributed by atoms with E-state index in [0.29, 0.717) is 18.4 Å². The quantitative estimate of drug-likeness (QED) is 0.325. The van der Waals surface area contributed by atoms with Gasteiger partial charge in [0.05, 0.1) is 17.5 Å². The maximum absolute atomic E-state index is 13.3. The van der Waals surface area contributed by atoms with Gasteiger partial charge in [-0.3, -0.25) is 4.79 Å². The smallest absolute Gasteiger partial charge is 0.240 e. The number of hydrogen-bond acceptors (Lipinski definition) is 8. The number of fused-ring (bicyclic) bond motifs is 1. The van der Waals surface area contributed by atoms with Gasteiger partial charge in [-0.1, -0.05) is 12.8 Å². The van der Waals surface area contributed by atoms with Gasteiger partial charge in [0.25, 0.3) is 0 Å². The third-order valence-corrected chi connectivity index (χ3v) is 8.63. The lowest BCUT2D eigenvalue weighted by Crippen LogP contribution is -2.65. The summed E-state index contributed by atoms with van der Waals surface area (Å²) in [4.78, 5) is 13.3. The second-order valence-electron chi connectivity index (χ2n) is 9.94. The summed E-state index contributed by atoms with van der Waals surface area (Å²) < 4.78 is 12.0. The molecule has 5 N–H and O–H groups in total. The zero-order valence-corrected chi connectivity index (χ0v) is 20.3. The lowest BCUT2D eigenvalue weighted by atomic mass is 9.86. The van der Waals surface area contributed by atoms with Gasteiger partial charge in [-0.25, -0.2) is 0 Å². The van der Waals surface area contributed by atoms with Crippen LogP contribution in [0.3, 0.4) is 0 Å². The fourth-order valence-corrected chi connectivity index (χ4v) is 6.39. The number of rotatable bonds is 7. The van der Waals surface area contributed by atoms with Gasteiger partial charge >= 0.3 is 0 Å². The van der Waals surface area contributed by atoms with Crippen molar-refractivity contribution in [2.24, 2.45) is 17.8 Å². The first-order valence-corrected chi connectivity index (χ1v) is 13.5. The van der Waals surface area contributed by atoms with Crippen molar-refractivity contribution >= 4 is 29.3 Å². The SMILES string of the molecule is CSC1O[C@H]([C@H](NC(=O)[C@H]2NC[C@@H]3C[C@H](CC4CC4)CCO[C@H]32)[C@H](C)Cl)C(O)[C@@H](O)[C@H]1O. The van der Waals surface area contributed by atoms with Crippen molar-refractivity contribution in [3.05, 3.63) is 0 Å². The molecular formula is C22H37ClN2O6S. The maximum Gasteiger partial charge on any atom is 0.240 e. The first-order valence-electron chi connectivity index (χ1n) is 11.8. The Kier molecular flexibility index (Phi) is 8.31. The van der Waals surface area contributed by atoms with Crippen molar-refractivity contribution in [3.63, 3.8) is 0 Å². The fraction of sp³-hybridized carbons (Fsp3) is 0.955. The number of aliphatic hydroxyl groups excluding tert-OH is 3. The van der Waals surface area contributed by atoms with E-state index in [1.54, 1.807) is 13.2 Å². The molecule has 4 aliphatic rings. The third-order valence-electron chi connectivity index (χ3n) is 7.51. The Morgan fingerprint density at radius 1 is 1.19 bits per heavy atom. The van der Waals surface area contributed by atoms with Gasteiger partial charge < -0.3 is 35.4 Å². The van der Waals surface area contributed by atoms with E-state index in [9.17, 15) is 20.1 Å². The molecule has 3 heterocycles. The van der Waals surface area contributed by atoms with Crippen LogP contribution >= 0.6 is 23.4 Å². The molecule has 0 bridgehead atoms. The highest BCUT2D eigenvalue weighted by Gasteiger charge is 2.49. The molecule has 184 valence electrons. The predicted octanol–water partition coefficient (Wildman–Crippen LogP) is 0.452. The van der Waals surface area contributed by atoms with E-state index in [-0.39, 0.29) is 12.0 Å². The molecule has 11 atom stereocenters. The summed E-state index contributed by atoms with van der Waals surface area (Å²) in [5, 5.41) is 36.7. The Hall–Kier alpha value is -0.130. The monoisotopic (exact) mass is 492 g/mol. The van der Waals surface area contributed by atoms with E-state index in [1.807, 2.05) is 0 Å². The van der Waals surface area contributed by atoms with Gasteiger partial charge in [0.2, 0.25) is 5.91 Å². The van der Waals surface area contributed by atoms with Crippen LogP contribution in [0.25, 0.3) is 0 Å². The minimum Gasteiger partial charge on any atom is -0.388 e. The van der Waals surface area contributed by atoms with Crippen LogP contribution in [0.1, 0.15) is 39.0 Å². The van der Waals surface area contributed by atoms with Crippen LogP contribution in [-0.4, -0.2) is 94.1 Å². The number of halogens is 1. The number of ether oxygens (including phenoxy) is 2.